The van der Waals surface area contributed by atoms with Gasteiger partial charge in [0.05, 0.1) is 12.4 Å². The first-order valence-corrected chi connectivity index (χ1v) is 8.99. The number of oxazole rings is 2. The third-order valence-electron chi connectivity index (χ3n) is 4.58. The molecular formula is C24H16N2O2. The fourth-order valence-electron chi connectivity index (χ4n) is 3.22. The Kier molecular flexibility index (Phi) is 4.07. The van der Waals surface area contributed by atoms with Crippen LogP contribution in [-0.2, 0) is 0 Å². The molecule has 0 aliphatic rings. The summed E-state index contributed by atoms with van der Waals surface area (Å²) in [6, 6.07) is 26.2. The summed E-state index contributed by atoms with van der Waals surface area (Å²) in [4.78, 5) is 8.80. The predicted octanol–water partition coefficient (Wildman–Crippen LogP) is 6.33. The van der Waals surface area contributed by atoms with E-state index in [0.717, 1.165) is 33.6 Å². The summed E-state index contributed by atoms with van der Waals surface area (Å²) < 4.78 is 11.6. The van der Waals surface area contributed by atoms with Crippen LogP contribution in [0.4, 0.5) is 0 Å². The van der Waals surface area contributed by atoms with E-state index < -0.39 is 0 Å². The Morgan fingerprint density at radius 2 is 1.36 bits per heavy atom. The van der Waals surface area contributed by atoms with E-state index in [4.69, 9.17) is 8.83 Å². The second-order valence-corrected chi connectivity index (χ2v) is 6.36. The van der Waals surface area contributed by atoms with E-state index in [2.05, 4.69) is 28.2 Å². The highest BCUT2D eigenvalue weighted by molar-refractivity contribution is 5.83. The zero-order chi connectivity index (χ0) is 18.8. The highest BCUT2D eigenvalue weighted by Crippen LogP contribution is 2.36. The van der Waals surface area contributed by atoms with E-state index in [-0.39, 0.29) is 0 Å². The van der Waals surface area contributed by atoms with Gasteiger partial charge in [-0.3, -0.25) is 0 Å². The Balaban J connectivity index is 1.64. The molecule has 0 saturated heterocycles. The molecule has 0 bridgehead atoms. The number of nitrogens with zero attached hydrogens (tertiary/aromatic N) is 2. The van der Waals surface area contributed by atoms with Crippen molar-refractivity contribution < 1.29 is 8.83 Å². The van der Waals surface area contributed by atoms with Gasteiger partial charge in [-0.15, -0.1) is 0 Å². The van der Waals surface area contributed by atoms with Crippen molar-refractivity contribution in [2.45, 2.75) is 0 Å². The zero-order valence-corrected chi connectivity index (χ0v) is 14.9. The molecule has 2 aromatic heterocycles. The number of hydrogen-bond donors (Lipinski definition) is 0. The summed E-state index contributed by atoms with van der Waals surface area (Å²) in [6.45, 7) is 0. The first-order valence-electron chi connectivity index (χ1n) is 8.99. The smallest absolute Gasteiger partial charge is 0.227 e. The molecule has 0 atom stereocenters. The molecule has 0 fully saturated rings. The van der Waals surface area contributed by atoms with E-state index in [0.29, 0.717) is 11.8 Å². The van der Waals surface area contributed by atoms with Crippen molar-refractivity contribution in [3.8, 4) is 45.4 Å². The topological polar surface area (TPSA) is 52.1 Å². The van der Waals surface area contributed by atoms with Crippen LogP contribution < -0.4 is 0 Å². The molecule has 0 radical (unpaired) electrons. The molecule has 5 aromatic rings. The molecule has 0 unspecified atom stereocenters. The molecular weight excluding hydrogens is 348 g/mol. The summed E-state index contributed by atoms with van der Waals surface area (Å²) in [5, 5.41) is 0. The Morgan fingerprint density at radius 3 is 2.07 bits per heavy atom. The lowest BCUT2D eigenvalue weighted by atomic mass is 9.97. The van der Waals surface area contributed by atoms with Crippen LogP contribution in [0.1, 0.15) is 0 Å². The van der Waals surface area contributed by atoms with Gasteiger partial charge in [0.2, 0.25) is 11.8 Å². The maximum atomic E-state index is 6.10. The minimum absolute atomic E-state index is 0.580. The van der Waals surface area contributed by atoms with Gasteiger partial charge in [0, 0.05) is 16.7 Å². The van der Waals surface area contributed by atoms with Crippen LogP contribution in [0.3, 0.4) is 0 Å². The van der Waals surface area contributed by atoms with E-state index in [1.54, 1.807) is 18.7 Å². The maximum absolute atomic E-state index is 6.10. The molecule has 5 rings (SSSR count). The average Bonchev–Trinajstić information content (AvgIpc) is 3.47. The van der Waals surface area contributed by atoms with Crippen LogP contribution in [-0.4, -0.2) is 9.97 Å². The van der Waals surface area contributed by atoms with Crippen molar-refractivity contribution in [1.29, 1.82) is 0 Å². The van der Waals surface area contributed by atoms with Crippen LogP contribution in [0.2, 0.25) is 0 Å². The molecule has 4 nitrogen and oxygen atoms in total. The molecule has 0 amide bonds. The lowest BCUT2D eigenvalue weighted by Gasteiger charge is -2.09. The van der Waals surface area contributed by atoms with E-state index >= 15 is 0 Å². The van der Waals surface area contributed by atoms with Gasteiger partial charge >= 0.3 is 0 Å². The molecule has 2 heterocycles. The average molecular weight is 364 g/mol. The third-order valence-corrected chi connectivity index (χ3v) is 4.58. The number of aromatic nitrogens is 2. The lowest BCUT2D eigenvalue weighted by molar-refractivity contribution is 0.574. The third kappa shape index (κ3) is 3.01. The summed E-state index contributed by atoms with van der Waals surface area (Å²) in [6.07, 6.45) is 4.98. The highest BCUT2D eigenvalue weighted by atomic mass is 16.4. The van der Waals surface area contributed by atoms with Crippen molar-refractivity contribution in [2.24, 2.45) is 0 Å². The van der Waals surface area contributed by atoms with Crippen molar-refractivity contribution in [3.05, 3.63) is 97.5 Å². The van der Waals surface area contributed by atoms with Gasteiger partial charge < -0.3 is 8.83 Å². The van der Waals surface area contributed by atoms with Gasteiger partial charge in [-0.2, -0.15) is 0 Å². The van der Waals surface area contributed by atoms with Crippen LogP contribution in [0.15, 0.2) is 106 Å². The Labute approximate surface area is 162 Å². The molecule has 4 heteroatoms. The van der Waals surface area contributed by atoms with Gasteiger partial charge in [0.1, 0.15) is 6.26 Å². The number of benzene rings is 3. The minimum atomic E-state index is 0.580. The fourth-order valence-corrected chi connectivity index (χ4v) is 3.22. The van der Waals surface area contributed by atoms with Crippen molar-refractivity contribution in [3.63, 3.8) is 0 Å². The van der Waals surface area contributed by atoms with Gasteiger partial charge in [0.15, 0.2) is 5.76 Å². The minimum Gasteiger partial charge on any atom is -0.445 e. The molecule has 0 N–H and O–H groups in total. The summed E-state index contributed by atoms with van der Waals surface area (Å²) in [5.41, 5.74) is 4.91. The van der Waals surface area contributed by atoms with Gasteiger partial charge in [0.25, 0.3) is 0 Å². The Bertz CT molecular complexity index is 1190. The SMILES string of the molecule is c1ccc(-c2cnc(-c3ccc(-c4ncco4)cc3-c3ccccc3)o2)cc1. The zero-order valence-electron chi connectivity index (χ0n) is 14.9. The normalized spacial score (nSPS) is 10.9. The second kappa shape index (κ2) is 7.00. The van der Waals surface area contributed by atoms with Crippen LogP contribution in [0, 0.1) is 0 Å². The molecule has 0 spiro atoms. The van der Waals surface area contributed by atoms with Gasteiger partial charge in [-0.1, -0.05) is 60.7 Å². The van der Waals surface area contributed by atoms with E-state index in [1.165, 1.54) is 0 Å². The summed E-state index contributed by atoms with van der Waals surface area (Å²) in [7, 11) is 0. The number of hydrogen-bond acceptors (Lipinski definition) is 4. The Hall–Kier alpha value is -3.92. The monoisotopic (exact) mass is 364 g/mol. The van der Waals surface area contributed by atoms with Gasteiger partial charge in [-0.05, 0) is 29.3 Å². The van der Waals surface area contributed by atoms with E-state index in [9.17, 15) is 0 Å². The van der Waals surface area contributed by atoms with Crippen LogP contribution in [0.5, 0.6) is 0 Å². The van der Waals surface area contributed by atoms with Crippen molar-refractivity contribution >= 4 is 0 Å². The quantitative estimate of drug-likeness (QED) is 0.374. The second-order valence-electron chi connectivity index (χ2n) is 6.36. The fraction of sp³-hybridized carbons (Fsp3) is 0. The predicted molar refractivity (Wildman–Crippen MR) is 108 cm³/mol. The molecule has 28 heavy (non-hydrogen) atoms. The first kappa shape index (κ1) is 16.3. The van der Waals surface area contributed by atoms with E-state index in [1.807, 2.05) is 60.7 Å². The molecule has 3 aromatic carbocycles. The molecule has 0 saturated carbocycles. The first-order chi connectivity index (χ1) is 13.9. The summed E-state index contributed by atoms with van der Waals surface area (Å²) in [5.74, 6) is 1.91. The van der Waals surface area contributed by atoms with Crippen LogP contribution in [0.25, 0.3) is 45.4 Å². The molecule has 0 aliphatic heterocycles. The van der Waals surface area contributed by atoms with Gasteiger partial charge in [-0.25, -0.2) is 9.97 Å². The lowest BCUT2D eigenvalue weighted by Crippen LogP contribution is -1.87. The molecule has 0 aliphatic carbocycles. The van der Waals surface area contributed by atoms with Crippen molar-refractivity contribution in [2.75, 3.05) is 0 Å². The molecule has 134 valence electrons. The van der Waals surface area contributed by atoms with Crippen molar-refractivity contribution in [1.82, 2.24) is 9.97 Å². The Morgan fingerprint density at radius 1 is 0.607 bits per heavy atom. The maximum Gasteiger partial charge on any atom is 0.227 e. The summed E-state index contributed by atoms with van der Waals surface area (Å²) >= 11 is 0. The highest BCUT2D eigenvalue weighted by Gasteiger charge is 2.16. The van der Waals surface area contributed by atoms with Crippen LogP contribution >= 0.6 is 0 Å². The largest absolute Gasteiger partial charge is 0.445 e. The standard InChI is InChI=1S/C24H16N2O2/c1-3-7-17(8-4-1)21-15-19(23-25-13-14-27-23)11-12-20(21)24-26-16-22(28-24)18-9-5-2-6-10-18/h1-16H. The number of rotatable bonds is 4.